The molecule has 142 valence electrons. The molecule has 1 atom stereocenters. The normalized spacial score (nSPS) is 15.1. The average molecular weight is 378 g/mol. The summed E-state index contributed by atoms with van der Waals surface area (Å²) >= 11 is 0. The molecule has 0 saturated carbocycles. The first-order chi connectivity index (χ1) is 13.5. The second kappa shape index (κ2) is 6.82. The molecule has 28 heavy (non-hydrogen) atoms. The van der Waals surface area contributed by atoms with Crippen LogP contribution in [0.15, 0.2) is 40.9 Å². The molecule has 1 aliphatic carbocycles. The van der Waals surface area contributed by atoms with Gasteiger partial charge in [-0.05, 0) is 54.3 Å². The number of hydrogen-bond donors (Lipinski definition) is 2. The van der Waals surface area contributed by atoms with Gasteiger partial charge in [0.15, 0.2) is 11.7 Å². The maximum atomic E-state index is 14.0. The van der Waals surface area contributed by atoms with Crippen LogP contribution >= 0.6 is 0 Å². The Morgan fingerprint density at radius 2 is 2.25 bits per heavy atom. The molecular formula is C21H19FN4O2. The van der Waals surface area contributed by atoms with E-state index in [1.165, 1.54) is 12.3 Å². The van der Waals surface area contributed by atoms with Crippen molar-refractivity contribution in [3.05, 3.63) is 76.3 Å². The highest BCUT2D eigenvalue weighted by Gasteiger charge is 2.26. The summed E-state index contributed by atoms with van der Waals surface area (Å²) in [6.45, 7) is 1.70. The molecule has 7 heteroatoms. The highest BCUT2D eigenvalue weighted by Crippen LogP contribution is 2.37. The number of nitriles is 1. The Labute approximate surface area is 162 Å². The Bertz CT molecular complexity index is 1140. The molecule has 0 unspecified atom stereocenters. The van der Waals surface area contributed by atoms with Crippen molar-refractivity contribution in [2.45, 2.75) is 25.9 Å². The van der Waals surface area contributed by atoms with E-state index in [0.717, 1.165) is 11.1 Å². The number of benzene rings is 2. The van der Waals surface area contributed by atoms with Crippen LogP contribution in [0.1, 0.15) is 47.9 Å². The number of fused-ring (bicyclic) bond motifs is 1. The van der Waals surface area contributed by atoms with Crippen LogP contribution in [-0.2, 0) is 6.42 Å². The Morgan fingerprint density at radius 3 is 2.96 bits per heavy atom. The number of rotatable bonds is 4. The average Bonchev–Trinajstić information content (AvgIpc) is 3.28. The van der Waals surface area contributed by atoms with Crippen LogP contribution in [0.2, 0.25) is 0 Å². The van der Waals surface area contributed by atoms with E-state index in [4.69, 9.17) is 25.6 Å². The first-order valence-electron chi connectivity index (χ1n) is 8.76. The van der Waals surface area contributed by atoms with E-state index in [0.29, 0.717) is 41.5 Å². The van der Waals surface area contributed by atoms with E-state index in [2.05, 4.69) is 4.98 Å². The Hall–Kier alpha value is -3.66. The molecule has 6 nitrogen and oxygen atoms in total. The fraction of sp³-hybridized carbons (Fsp3) is 0.190. The minimum absolute atomic E-state index is 0. The second-order valence-corrected chi connectivity index (χ2v) is 6.66. The number of aryl methyl sites for hydroxylation is 2. The van der Waals surface area contributed by atoms with E-state index < -0.39 is 5.82 Å². The number of nitrogens with one attached hydrogen (secondary N) is 1. The summed E-state index contributed by atoms with van der Waals surface area (Å²) in [5, 5.41) is 17.3. The minimum Gasteiger partial charge on any atom is -0.486 e. The summed E-state index contributed by atoms with van der Waals surface area (Å²) in [7, 11) is 0. The number of aromatic nitrogens is 1. The number of nitrogens with zero attached hydrogens (tertiary/aromatic N) is 2. The third-order valence-corrected chi connectivity index (χ3v) is 4.81. The van der Waals surface area contributed by atoms with Gasteiger partial charge in [0.25, 0.3) is 0 Å². The molecule has 0 spiro atoms. The molecule has 0 fully saturated rings. The standard InChI is InChI=1S/C21H17FN4O2.H2/c1-11-26-10-20(27-11)21(25)16-7-14(3-4-18(16)24)28-19-5-2-12-6-13(9-23)17(22)8-15(12)19;/h3-4,6-8,10,19,25H,2,5,24H2,1H3;1H/t19-;/m1./s1. The molecule has 2 aromatic carbocycles. The monoisotopic (exact) mass is 378 g/mol. The van der Waals surface area contributed by atoms with Gasteiger partial charge >= 0.3 is 0 Å². The minimum atomic E-state index is -0.544. The Kier molecular flexibility index (Phi) is 4.32. The van der Waals surface area contributed by atoms with Gasteiger partial charge in [0.2, 0.25) is 0 Å². The number of ether oxygens (including phenoxy) is 1. The summed E-state index contributed by atoms with van der Waals surface area (Å²) in [6, 6.07) is 9.89. The predicted molar refractivity (Wildman–Crippen MR) is 103 cm³/mol. The number of anilines is 1. The zero-order chi connectivity index (χ0) is 19.8. The molecule has 3 aromatic rings. The quantitative estimate of drug-likeness (QED) is 0.519. The van der Waals surface area contributed by atoms with Gasteiger partial charge in [-0.2, -0.15) is 5.26 Å². The number of hydrogen-bond acceptors (Lipinski definition) is 6. The van der Waals surface area contributed by atoms with E-state index >= 15 is 0 Å². The lowest BCUT2D eigenvalue weighted by Gasteiger charge is -2.17. The second-order valence-electron chi connectivity index (χ2n) is 6.66. The highest BCUT2D eigenvalue weighted by atomic mass is 19.1. The third-order valence-electron chi connectivity index (χ3n) is 4.81. The molecular weight excluding hydrogens is 359 g/mol. The fourth-order valence-electron chi connectivity index (χ4n) is 3.40. The zero-order valence-electron chi connectivity index (χ0n) is 15.1. The van der Waals surface area contributed by atoms with Gasteiger partial charge in [-0.3, -0.25) is 5.41 Å². The van der Waals surface area contributed by atoms with Gasteiger partial charge in [-0.25, -0.2) is 9.37 Å². The van der Waals surface area contributed by atoms with Gasteiger partial charge in [0, 0.05) is 19.6 Å². The van der Waals surface area contributed by atoms with Crippen LogP contribution in [0.3, 0.4) is 0 Å². The van der Waals surface area contributed by atoms with Crippen molar-refractivity contribution in [1.82, 2.24) is 4.98 Å². The molecule has 1 aliphatic rings. The maximum Gasteiger partial charge on any atom is 0.191 e. The van der Waals surface area contributed by atoms with Crippen molar-refractivity contribution in [2.75, 3.05) is 5.73 Å². The van der Waals surface area contributed by atoms with Gasteiger partial charge in [-0.1, -0.05) is 0 Å². The lowest BCUT2D eigenvalue weighted by atomic mass is 10.0. The number of nitrogens with two attached hydrogens (primary N) is 1. The molecule has 4 rings (SSSR count). The summed E-state index contributed by atoms with van der Waals surface area (Å²) in [6.07, 6.45) is 2.55. The van der Waals surface area contributed by atoms with E-state index in [1.54, 1.807) is 31.2 Å². The van der Waals surface area contributed by atoms with E-state index in [-0.39, 0.29) is 18.8 Å². The molecule has 1 heterocycles. The van der Waals surface area contributed by atoms with Crippen LogP contribution < -0.4 is 10.5 Å². The fourth-order valence-corrected chi connectivity index (χ4v) is 3.40. The van der Waals surface area contributed by atoms with Crippen LogP contribution in [0.4, 0.5) is 10.1 Å². The van der Waals surface area contributed by atoms with Crippen molar-refractivity contribution in [1.29, 1.82) is 10.7 Å². The maximum absolute atomic E-state index is 14.0. The highest BCUT2D eigenvalue weighted by molar-refractivity contribution is 6.12. The molecule has 0 saturated heterocycles. The largest absolute Gasteiger partial charge is 0.486 e. The summed E-state index contributed by atoms with van der Waals surface area (Å²) in [4.78, 5) is 4.01. The molecule has 0 amide bonds. The Morgan fingerprint density at radius 1 is 1.43 bits per heavy atom. The molecule has 0 aliphatic heterocycles. The Balaban J connectivity index is 0.00000240. The van der Waals surface area contributed by atoms with Crippen LogP contribution in [0.25, 0.3) is 0 Å². The van der Waals surface area contributed by atoms with E-state index in [9.17, 15) is 4.39 Å². The van der Waals surface area contributed by atoms with Gasteiger partial charge in [-0.15, -0.1) is 0 Å². The van der Waals surface area contributed by atoms with Crippen LogP contribution in [0, 0.1) is 29.5 Å². The van der Waals surface area contributed by atoms with Crippen LogP contribution in [0.5, 0.6) is 5.75 Å². The third kappa shape index (κ3) is 3.09. The van der Waals surface area contributed by atoms with Crippen molar-refractivity contribution in [3.8, 4) is 11.8 Å². The van der Waals surface area contributed by atoms with Gasteiger partial charge < -0.3 is 14.9 Å². The first-order valence-corrected chi connectivity index (χ1v) is 8.76. The number of oxazole rings is 1. The summed E-state index contributed by atoms with van der Waals surface area (Å²) in [5.41, 5.74) is 8.75. The number of halogens is 1. The van der Waals surface area contributed by atoms with Gasteiger partial charge in [0.1, 0.15) is 29.5 Å². The van der Waals surface area contributed by atoms with E-state index in [1.807, 2.05) is 6.07 Å². The topological polar surface area (TPSA) is 109 Å². The molecule has 1 aromatic heterocycles. The lowest BCUT2D eigenvalue weighted by Crippen LogP contribution is -2.08. The summed E-state index contributed by atoms with van der Waals surface area (Å²) < 4.78 is 25.5. The number of nitrogen functional groups attached to an aromatic ring is 1. The zero-order valence-corrected chi connectivity index (χ0v) is 15.1. The molecule has 0 bridgehead atoms. The predicted octanol–water partition coefficient (Wildman–Crippen LogP) is 4.30. The molecule has 3 N–H and O–H groups in total. The smallest absolute Gasteiger partial charge is 0.191 e. The first kappa shape index (κ1) is 17.7. The van der Waals surface area contributed by atoms with Gasteiger partial charge in [0.05, 0.1) is 11.8 Å². The summed E-state index contributed by atoms with van der Waals surface area (Å²) in [5.74, 6) is 0.760. The lowest BCUT2D eigenvalue weighted by molar-refractivity contribution is 0.207. The SMILES string of the molecule is Cc1ncc(C(=N)c2cc(O[C@@H]3CCc4cc(C#N)c(F)cc43)ccc2N)o1.[HH]. The molecule has 0 radical (unpaired) electrons. The van der Waals surface area contributed by atoms with Crippen molar-refractivity contribution in [3.63, 3.8) is 0 Å². The van der Waals surface area contributed by atoms with Crippen molar-refractivity contribution < 1.29 is 15.0 Å². The van der Waals surface area contributed by atoms with Crippen LogP contribution in [-0.4, -0.2) is 10.7 Å². The van der Waals surface area contributed by atoms with Crippen molar-refractivity contribution >= 4 is 11.4 Å². The van der Waals surface area contributed by atoms with Crippen molar-refractivity contribution in [2.24, 2.45) is 0 Å².